The average Bonchev–Trinajstić information content (AvgIpc) is 3.07. The number of aromatic nitrogens is 4. The maximum Gasteiger partial charge on any atom is 0.173 e. The van der Waals surface area contributed by atoms with Crippen molar-refractivity contribution in [2.75, 3.05) is 5.32 Å². The molecule has 4 rings (SSSR count). The Morgan fingerprint density at radius 1 is 1.15 bits per heavy atom. The average molecular weight is 348 g/mol. The maximum atomic E-state index is 13.6. The summed E-state index contributed by atoms with van der Waals surface area (Å²) in [4.78, 5) is 8.55. The predicted octanol–water partition coefficient (Wildman–Crippen LogP) is 3.51. The normalized spacial score (nSPS) is 11.3. The van der Waals surface area contributed by atoms with Crippen molar-refractivity contribution in [3.8, 4) is 6.07 Å². The van der Waals surface area contributed by atoms with Gasteiger partial charge in [-0.05, 0) is 24.3 Å². The molecule has 0 aliphatic rings. The zero-order valence-electron chi connectivity index (χ0n) is 13.2. The number of nitrogens with zero attached hydrogens (tertiary/aromatic N) is 5. The largest absolute Gasteiger partial charge is 0.359 e. The molecular formula is C18H10F2N6. The van der Waals surface area contributed by atoms with Crippen LogP contribution >= 0.6 is 0 Å². The standard InChI is InChI=1S/C18H10F2N6/c19-12-1-2-16(14(20)7-12)23-5-3-15-13-10-24-18-11(8-21)9-25-26(18)17(13)4-6-22-15/h1-7,9-10,23H. The van der Waals surface area contributed by atoms with Gasteiger partial charge in [-0.25, -0.2) is 18.3 Å². The first-order chi connectivity index (χ1) is 12.7. The Kier molecular flexibility index (Phi) is 3.74. The van der Waals surface area contributed by atoms with Gasteiger partial charge in [0, 0.05) is 30.0 Å². The molecular weight excluding hydrogens is 338 g/mol. The fourth-order valence-electron chi connectivity index (χ4n) is 2.59. The third kappa shape index (κ3) is 2.61. The van der Waals surface area contributed by atoms with E-state index in [4.69, 9.17) is 5.26 Å². The molecule has 0 aliphatic carbocycles. The molecule has 6 nitrogen and oxygen atoms in total. The molecule has 126 valence electrons. The molecule has 0 saturated carbocycles. The summed E-state index contributed by atoms with van der Waals surface area (Å²) >= 11 is 0. The molecule has 1 N–H and O–H groups in total. The van der Waals surface area contributed by atoms with E-state index in [1.807, 2.05) is 6.07 Å². The Morgan fingerprint density at radius 2 is 2.04 bits per heavy atom. The Morgan fingerprint density at radius 3 is 2.85 bits per heavy atom. The topological polar surface area (TPSA) is 78.9 Å². The molecule has 3 aromatic heterocycles. The molecule has 8 heteroatoms. The van der Waals surface area contributed by atoms with Crippen LogP contribution in [0, 0.1) is 23.0 Å². The van der Waals surface area contributed by atoms with Crippen LogP contribution in [0.2, 0.25) is 0 Å². The van der Waals surface area contributed by atoms with Gasteiger partial charge in [-0.2, -0.15) is 10.4 Å². The van der Waals surface area contributed by atoms with Crippen LogP contribution in [-0.4, -0.2) is 19.6 Å². The fraction of sp³-hybridized carbons (Fsp3) is 0. The van der Waals surface area contributed by atoms with E-state index < -0.39 is 11.6 Å². The van der Waals surface area contributed by atoms with Gasteiger partial charge in [0.2, 0.25) is 0 Å². The smallest absolute Gasteiger partial charge is 0.173 e. The second-order valence-corrected chi connectivity index (χ2v) is 5.39. The van der Waals surface area contributed by atoms with Gasteiger partial charge in [0.25, 0.3) is 0 Å². The monoisotopic (exact) mass is 348 g/mol. The maximum absolute atomic E-state index is 13.6. The molecule has 0 unspecified atom stereocenters. The number of pyridine rings is 1. The van der Waals surface area contributed by atoms with Gasteiger partial charge in [0.05, 0.1) is 23.1 Å². The van der Waals surface area contributed by atoms with Gasteiger partial charge in [0.1, 0.15) is 23.3 Å². The Hall–Kier alpha value is -3.86. The third-order valence-corrected chi connectivity index (χ3v) is 3.82. The van der Waals surface area contributed by atoms with E-state index in [9.17, 15) is 8.78 Å². The zero-order valence-corrected chi connectivity index (χ0v) is 13.2. The van der Waals surface area contributed by atoms with Crippen LogP contribution in [0.25, 0.3) is 22.6 Å². The summed E-state index contributed by atoms with van der Waals surface area (Å²) in [5.74, 6) is -1.33. The van der Waals surface area contributed by atoms with Crippen molar-refractivity contribution in [1.29, 1.82) is 5.26 Å². The second-order valence-electron chi connectivity index (χ2n) is 5.39. The van der Waals surface area contributed by atoms with E-state index in [-0.39, 0.29) is 5.69 Å². The van der Waals surface area contributed by atoms with Crippen molar-refractivity contribution < 1.29 is 8.78 Å². The molecule has 3 heterocycles. The highest BCUT2D eigenvalue weighted by atomic mass is 19.1. The summed E-state index contributed by atoms with van der Waals surface area (Å²) in [5, 5.41) is 16.7. The number of hydrogen-bond donors (Lipinski definition) is 1. The van der Waals surface area contributed by atoms with Gasteiger partial charge in [0.15, 0.2) is 5.65 Å². The molecule has 0 amide bonds. The molecule has 0 saturated heterocycles. The predicted molar refractivity (Wildman–Crippen MR) is 92.0 cm³/mol. The zero-order chi connectivity index (χ0) is 18.1. The molecule has 0 bridgehead atoms. The van der Waals surface area contributed by atoms with Gasteiger partial charge >= 0.3 is 0 Å². The van der Waals surface area contributed by atoms with E-state index in [0.29, 0.717) is 22.3 Å². The number of rotatable bonds is 3. The first kappa shape index (κ1) is 15.7. The molecule has 1 aromatic carbocycles. The van der Waals surface area contributed by atoms with E-state index in [1.165, 1.54) is 24.5 Å². The van der Waals surface area contributed by atoms with Gasteiger partial charge in [-0.1, -0.05) is 0 Å². The van der Waals surface area contributed by atoms with Crippen LogP contribution in [-0.2, 0) is 0 Å². The van der Waals surface area contributed by atoms with Crippen LogP contribution in [0.3, 0.4) is 0 Å². The minimum absolute atomic E-state index is 0.147. The lowest BCUT2D eigenvalue weighted by molar-refractivity contribution is 0.586. The first-order valence-electron chi connectivity index (χ1n) is 7.57. The summed E-state index contributed by atoms with van der Waals surface area (Å²) < 4.78 is 28.1. The van der Waals surface area contributed by atoms with Crippen molar-refractivity contribution in [1.82, 2.24) is 19.6 Å². The minimum Gasteiger partial charge on any atom is -0.359 e. The minimum atomic E-state index is -0.690. The number of nitrogens with one attached hydrogen (secondary N) is 1. The lowest BCUT2D eigenvalue weighted by Crippen LogP contribution is -1.97. The SMILES string of the molecule is N#Cc1cnn2c1ncc1c(C=CNc3ccc(F)cc3F)nccc12. The van der Waals surface area contributed by atoms with Crippen LogP contribution in [0.4, 0.5) is 14.5 Å². The van der Waals surface area contributed by atoms with Crippen molar-refractivity contribution in [2.45, 2.75) is 0 Å². The van der Waals surface area contributed by atoms with Crippen LogP contribution in [0.1, 0.15) is 11.3 Å². The Bertz CT molecular complexity index is 1210. The number of hydrogen-bond acceptors (Lipinski definition) is 5. The van der Waals surface area contributed by atoms with Crippen LogP contribution in [0.15, 0.2) is 49.1 Å². The third-order valence-electron chi connectivity index (χ3n) is 3.82. The summed E-state index contributed by atoms with van der Waals surface area (Å²) in [6.07, 6.45) is 7.82. The molecule has 0 fully saturated rings. The molecule has 0 spiro atoms. The molecule has 0 aliphatic heterocycles. The summed E-state index contributed by atoms with van der Waals surface area (Å²) in [6.45, 7) is 0. The van der Waals surface area contributed by atoms with Crippen molar-refractivity contribution in [3.63, 3.8) is 0 Å². The number of halogens is 2. The van der Waals surface area contributed by atoms with Gasteiger partial charge < -0.3 is 5.32 Å². The molecule has 0 atom stereocenters. The van der Waals surface area contributed by atoms with E-state index in [1.54, 1.807) is 29.1 Å². The molecule has 4 aromatic rings. The van der Waals surface area contributed by atoms with Crippen molar-refractivity contribution >= 4 is 28.3 Å². The Balaban J connectivity index is 1.71. The summed E-state index contributed by atoms with van der Waals surface area (Å²) in [7, 11) is 0. The number of nitriles is 1. The Labute approximate surface area is 146 Å². The summed E-state index contributed by atoms with van der Waals surface area (Å²) in [6, 6.07) is 7.09. The van der Waals surface area contributed by atoms with Gasteiger partial charge in [-0.3, -0.25) is 4.98 Å². The van der Waals surface area contributed by atoms with E-state index in [2.05, 4.69) is 20.4 Å². The highest BCUT2D eigenvalue weighted by molar-refractivity contribution is 5.87. The van der Waals surface area contributed by atoms with E-state index >= 15 is 0 Å². The fourth-order valence-corrected chi connectivity index (χ4v) is 2.59. The van der Waals surface area contributed by atoms with Crippen LogP contribution in [0.5, 0.6) is 0 Å². The van der Waals surface area contributed by atoms with Crippen LogP contribution < -0.4 is 5.32 Å². The van der Waals surface area contributed by atoms with Crippen molar-refractivity contribution in [3.05, 3.63) is 71.9 Å². The van der Waals surface area contributed by atoms with Gasteiger partial charge in [-0.15, -0.1) is 0 Å². The lowest BCUT2D eigenvalue weighted by Gasteiger charge is -2.05. The lowest BCUT2D eigenvalue weighted by atomic mass is 10.2. The van der Waals surface area contributed by atoms with E-state index in [0.717, 1.165) is 11.6 Å². The molecule has 26 heavy (non-hydrogen) atoms. The molecule has 0 radical (unpaired) electrons. The number of benzene rings is 1. The second kappa shape index (κ2) is 6.22. The first-order valence-corrected chi connectivity index (χ1v) is 7.57. The summed E-state index contributed by atoms with van der Waals surface area (Å²) in [5.41, 5.74) is 2.32. The highest BCUT2D eigenvalue weighted by Gasteiger charge is 2.10. The number of fused-ring (bicyclic) bond motifs is 3. The van der Waals surface area contributed by atoms with Crippen molar-refractivity contribution in [2.24, 2.45) is 0 Å². The number of anilines is 1. The quantitative estimate of drug-likeness (QED) is 0.613. The highest BCUT2D eigenvalue weighted by Crippen LogP contribution is 2.20.